The SMILES string of the molecule is O=S(=O)(N[C@H]1CCCC[C@H]1[NH2+]Cc1ccco1)c1ccc(Cl)cc1. The number of hydrogen-bond acceptors (Lipinski definition) is 3. The Morgan fingerprint density at radius 3 is 2.62 bits per heavy atom. The molecule has 2 aromatic rings. The van der Waals surface area contributed by atoms with Crippen molar-refractivity contribution in [2.24, 2.45) is 0 Å². The van der Waals surface area contributed by atoms with Crippen LogP contribution in [0, 0.1) is 0 Å². The van der Waals surface area contributed by atoms with Gasteiger partial charge in [-0.25, -0.2) is 13.1 Å². The number of hydrogen-bond donors (Lipinski definition) is 2. The molecule has 7 heteroatoms. The molecule has 1 heterocycles. The average Bonchev–Trinajstić information content (AvgIpc) is 3.07. The van der Waals surface area contributed by atoms with E-state index in [1.807, 2.05) is 12.1 Å². The van der Waals surface area contributed by atoms with Gasteiger partial charge in [0.15, 0.2) is 5.76 Å². The number of quaternary nitrogens is 1. The minimum Gasteiger partial charge on any atom is -0.463 e. The number of rotatable bonds is 6. The van der Waals surface area contributed by atoms with Gasteiger partial charge >= 0.3 is 0 Å². The van der Waals surface area contributed by atoms with E-state index in [0.29, 0.717) is 5.02 Å². The minimum atomic E-state index is -3.53. The van der Waals surface area contributed by atoms with Crippen molar-refractivity contribution in [2.45, 2.75) is 49.2 Å². The zero-order chi connectivity index (χ0) is 17.0. The number of nitrogens with one attached hydrogen (secondary N) is 1. The number of sulfonamides is 1. The topological polar surface area (TPSA) is 75.9 Å². The largest absolute Gasteiger partial charge is 0.463 e. The summed E-state index contributed by atoms with van der Waals surface area (Å²) in [4.78, 5) is 0.252. The highest BCUT2D eigenvalue weighted by Gasteiger charge is 2.32. The second-order valence-electron chi connectivity index (χ2n) is 6.15. The highest BCUT2D eigenvalue weighted by Crippen LogP contribution is 2.20. The predicted molar refractivity (Wildman–Crippen MR) is 92.2 cm³/mol. The summed E-state index contributed by atoms with van der Waals surface area (Å²) in [5.74, 6) is 0.903. The monoisotopic (exact) mass is 369 g/mol. The molecule has 24 heavy (non-hydrogen) atoms. The van der Waals surface area contributed by atoms with Crippen molar-refractivity contribution >= 4 is 21.6 Å². The van der Waals surface area contributed by atoms with Gasteiger partial charge < -0.3 is 9.73 Å². The lowest BCUT2D eigenvalue weighted by molar-refractivity contribution is -0.710. The van der Waals surface area contributed by atoms with Gasteiger partial charge in [-0.15, -0.1) is 0 Å². The van der Waals surface area contributed by atoms with E-state index in [1.165, 1.54) is 12.1 Å². The first-order chi connectivity index (χ1) is 11.5. The molecular weight excluding hydrogens is 348 g/mol. The fourth-order valence-corrected chi connectivity index (χ4v) is 4.61. The van der Waals surface area contributed by atoms with E-state index < -0.39 is 10.0 Å². The number of halogens is 1. The Balaban J connectivity index is 1.67. The third-order valence-electron chi connectivity index (χ3n) is 4.45. The molecule has 1 aliphatic rings. The van der Waals surface area contributed by atoms with E-state index in [-0.39, 0.29) is 17.0 Å². The molecular formula is C17H22ClN2O3S+. The maximum absolute atomic E-state index is 12.6. The van der Waals surface area contributed by atoms with Gasteiger partial charge in [0.05, 0.1) is 17.2 Å². The third-order valence-corrected chi connectivity index (χ3v) is 6.21. The molecule has 0 saturated heterocycles. The normalized spacial score (nSPS) is 21.7. The molecule has 0 unspecified atom stereocenters. The maximum Gasteiger partial charge on any atom is 0.241 e. The molecule has 3 N–H and O–H groups in total. The van der Waals surface area contributed by atoms with Gasteiger partial charge in [-0.2, -0.15) is 0 Å². The summed E-state index contributed by atoms with van der Waals surface area (Å²) >= 11 is 5.84. The molecule has 3 rings (SSSR count). The lowest BCUT2D eigenvalue weighted by Crippen LogP contribution is -2.92. The molecule has 0 amide bonds. The summed E-state index contributed by atoms with van der Waals surface area (Å²) in [5, 5.41) is 2.70. The van der Waals surface area contributed by atoms with Gasteiger partial charge in [0.1, 0.15) is 12.6 Å². The van der Waals surface area contributed by atoms with Crippen LogP contribution in [0.1, 0.15) is 31.4 Å². The summed E-state index contributed by atoms with van der Waals surface area (Å²) in [6, 6.07) is 10.2. The van der Waals surface area contributed by atoms with E-state index in [9.17, 15) is 8.42 Å². The van der Waals surface area contributed by atoms with Crippen LogP contribution in [-0.2, 0) is 16.6 Å². The van der Waals surface area contributed by atoms with Crippen LogP contribution in [0.3, 0.4) is 0 Å². The zero-order valence-electron chi connectivity index (χ0n) is 13.3. The van der Waals surface area contributed by atoms with Crippen LogP contribution in [0.2, 0.25) is 5.02 Å². The average molecular weight is 370 g/mol. The molecule has 2 atom stereocenters. The number of nitrogens with two attached hydrogens (primary N) is 1. The van der Waals surface area contributed by atoms with Crippen molar-refractivity contribution < 1.29 is 18.2 Å². The van der Waals surface area contributed by atoms with E-state index in [1.54, 1.807) is 18.4 Å². The number of benzene rings is 1. The molecule has 1 fully saturated rings. The van der Waals surface area contributed by atoms with E-state index in [0.717, 1.165) is 38.0 Å². The summed E-state index contributed by atoms with van der Waals surface area (Å²) in [6.07, 6.45) is 5.67. The highest BCUT2D eigenvalue weighted by atomic mass is 35.5. The first-order valence-electron chi connectivity index (χ1n) is 8.18. The van der Waals surface area contributed by atoms with Crippen LogP contribution >= 0.6 is 11.6 Å². The summed E-state index contributed by atoms with van der Waals surface area (Å²) in [7, 11) is -3.53. The molecule has 130 valence electrons. The predicted octanol–water partition coefficient (Wildman–Crippen LogP) is 2.29. The van der Waals surface area contributed by atoms with Crippen LogP contribution in [0.5, 0.6) is 0 Å². The minimum absolute atomic E-state index is 0.0746. The van der Waals surface area contributed by atoms with Crippen molar-refractivity contribution in [3.63, 3.8) is 0 Å². The Morgan fingerprint density at radius 2 is 1.92 bits per heavy atom. The highest BCUT2D eigenvalue weighted by molar-refractivity contribution is 7.89. The fraction of sp³-hybridized carbons (Fsp3) is 0.412. The molecule has 1 aromatic carbocycles. The van der Waals surface area contributed by atoms with Gasteiger partial charge in [0.2, 0.25) is 10.0 Å². The van der Waals surface area contributed by atoms with Crippen LogP contribution in [-0.4, -0.2) is 20.5 Å². The molecule has 1 aromatic heterocycles. The summed E-state index contributed by atoms with van der Waals surface area (Å²) in [5.41, 5.74) is 0. The van der Waals surface area contributed by atoms with Crippen molar-refractivity contribution in [1.29, 1.82) is 0 Å². The Bertz CT molecular complexity index is 745. The summed E-state index contributed by atoms with van der Waals surface area (Å²) in [6.45, 7) is 0.719. The van der Waals surface area contributed by atoms with Crippen molar-refractivity contribution in [2.75, 3.05) is 0 Å². The van der Waals surface area contributed by atoms with Crippen LogP contribution in [0.15, 0.2) is 52.0 Å². The van der Waals surface area contributed by atoms with Gasteiger partial charge in [-0.05, 0) is 49.2 Å². The zero-order valence-corrected chi connectivity index (χ0v) is 14.9. The molecule has 1 aliphatic carbocycles. The maximum atomic E-state index is 12.6. The van der Waals surface area contributed by atoms with Crippen LogP contribution in [0.4, 0.5) is 0 Å². The van der Waals surface area contributed by atoms with Gasteiger partial charge in [0, 0.05) is 11.4 Å². The van der Waals surface area contributed by atoms with Crippen molar-refractivity contribution in [3.05, 3.63) is 53.4 Å². The Morgan fingerprint density at radius 1 is 1.17 bits per heavy atom. The van der Waals surface area contributed by atoms with Gasteiger partial charge in [-0.1, -0.05) is 18.0 Å². The Kier molecular flexibility index (Phi) is 5.61. The van der Waals surface area contributed by atoms with E-state index >= 15 is 0 Å². The standard InChI is InChI=1S/C17H21ClN2O3S/c18-13-7-9-15(10-8-13)24(21,22)20-17-6-2-1-5-16(17)19-12-14-4-3-11-23-14/h3-4,7-11,16-17,19-20H,1-2,5-6,12H2/p+1/t16-,17+/m1/s1. The van der Waals surface area contributed by atoms with E-state index in [4.69, 9.17) is 16.0 Å². The number of furan rings is 1. The first kappa shape index (κ1) is 17.5. The smallest absolute Gasteiger partial charge is 0.241 e. The molecule has 0 radical (unpaired) electrons. The van der Waals surface area contributed by atoms with Gasteiger partial charge in [-0.3, -0.25) is 0 Å². The van der Waals surface area contributed by atoms with Crippen LogP contribution < -0.4 is 10.0 Å². The molecule has 1 saturated carbocycles. The lowest BCUT2D eigenvalue weighted by Gasteiger charge is -2.29. The van der Waals surface area contributed by atoms with Crippen molar-refractivity contribution in [3.8, 4) is 0 Å². The molecule has 5 nitrogen and oxygen atoms in total. The molecule has 0 spiro atoms. The molecule has 0 bridgehead atoms. The third kappa shape index (κ3) is 4.39. The Labute approximate surface area is 147 Å². The fourth-order valence-electron chi connectivity index (χ4n) is 3.17. The lowest BCUT2D eigenvalue weighted by atomic mass is 9.91. The van der Waals surface area contributed by atoms with Crippen molar-refractivity contribution in [1.82, 2.24) is 4.72 Å². The quantitative estimate of drug-likeness (QED) is 0.820. The van der Waals surface area contributed by atoms with Gasteiger partial charge in [0.25, 0.3) is 0 Å². The van der Waals surface area contributed by atoms with Crippen LogP contribution in [0.25, 0.3) is 0 Å². The summed E-state index contributed by atoms with van der Waals surface area (Å²) < 4.78 is 33.4. The second kappa shape index (κ2) is 7.70. The first-order valence-corrected chi connectivity index (χ1v) is 10.0. The Hall–Kier alpha value is -1.34. The second-order valence-corrected chi connectivity index (χ2v) is 8.30. The molecule has 0 aliphatic heterocycles. The van der Waals surface area contributed by atoms with E-state index in [2.05, 4.69) is 10.0 Å².